The van der Waals surface area contributed by atoms with Crippen LogP contribution >= 0.6 is 0 Å². The average molecular weight is 717 g/mol. The van der Waals surface area contributed by atoms with Crippen LogP contribution < -0.4 is 35.3 Å². The number of carbonyl (C=O) groups excluding carboxylic acids is 8. The van der Waals surface area contributed by atoms with Gasteiger partial charge in [-0.15, -0.1) is 5.06 Å². The van der Waals surface area contributed by atoms with Crippen LogP contribution in [0.1, 0.15) is 71.1 Å². The molecule has 2 saturated carbocycles. The van der Waals surface area contributed by atoms with E-state index in [1.54, 1.807) is 0 Å². The smallest absolute Gasteiger partial charge is 0.747 e. The van der Waals surface area contributed by atoms with Crippen molar-refractivity contribution in [3.63, 3.8) is 0 Å². The van der Waals surface area contributed by atoms with E-state index in [1.165, 1.54) is 36.3 Å². The molecular weight excluding hydrogens is 675 g/mol. The molecule has 0 radical (unpaired) electrons. The fraction of sp³-hybridized carbons (Fsp3) is 0.613. The van der Waals surface area contributed by atoms with Gasteiger partial charge in [0.15, 0.2) is 0 Å². The predicted octanol–water partition coefficient (Wildman–Crippen LogP) is -2.88. The Balaban J connectivity index is 0.000000344. The number of amides is 6. The zero-order valence-electron chi connectivity index (χ0n) is 27.9. The maximum absolute atomic E-state index is 12.2. The molecule has 2 aliphatic carbocycles. The second kappa shape index (κ2) is 18.8. The zero-order valence-corrected chi connectivity index (χ0v) is 30.7. The predicted molar refractivity (Wildman–Crippen MR) is 164 cm³/mol. The molecule has 0 spiro atoms. The monoisotopic (exact) mass is 716 g/mol. The number of nitrogens with zero attached hydrogens (tertiary/aromatic N) is 3. The molecule has 6 amide bonds. The van der Waals surface area contributed by atoms with Crippen LogP contribution in [0, 0.1) is 23.7 Å². The summed E-state index contributed by atoms with van der Waals surface area (Å²) >= 11 is 0. The minimum atomic E-state index is -5.02. The number of hydroxylamine groups is 2. The number of imide groups is 3. The maximum atomic E-state index is 12.2. The summed E-state index contributed by atoms with van der Waals surface area (Å²) in [5.41, 5.74) is 4.50. The summed E-state index contributed by atoms with van der Waals surface area (Å²) in [6.07, 6.45) is 10.3. The topological polar surface area (TPSA) is 239 Å². The van der Waals surface area contributed by atoms with Crippen LogP contribution in [0.25, 0.3) is 0 Å². The van der Waals surface area contributed by atoms with Gasteiger partial charge >= 0.3 is 35.5 Å². The molecule has 1 atom stereocenters. The number of carbonyl (C=O) groups is 8. The first kappa shape index (κ1) is 42.1. The van der Waals surface area contributed by atoms with Crippen LogP contribution in [-0.2, 0) is 53.3 Å². The van der Waals surface area contributed by atoms with Gasteiger partial charge in [0, 0.05) is 49.7 Å². The molecule has 1 unspecified atom stereocenters. The van der Waals surface area contributed by atoms with Crippen molar-refractivity contribution < 1.29 is 85.7 Å². The first-order valence-electron chi connectivity index (χ1n) is 15.9. The minimum Gasteiger partial charge on any atom is -0.747 e. The number of nitrogens with two attached hydrogens (primary N) is 1. The van der Waals surface area contributed by atoms with Gasteiger partial charge in [0.25, 0.3) is 35.4 Å². The maximum Gasteiger partial charge on any atom is 1.00 e. The average Bonchev–Trinajstić information content (AvgIpc) is 3.67. The Labute approximate surface area is 306 Å². The molecule has 0 aromatic carbocycles. The van der Waals surface area contributed by atoms with E-state index in [4.69, 9.17) is 4.84 Å². The minimum absolute atomic E-state index is 0. The largest absolute Gasteiger partial charge is 1.00 e. The Bertz CT molecular complexity index is 1440. The summed E-state index contributed by atoms with van der Waals surface area (Å²) < 4.78 is 33.0. The molecule has 3 aliphatic heterocycles. The van der Waals surface area contributed by atoms with E-state index < -0.39 is 45.5 Å². The molecule has 0 aromatic heterocycles. The molecular formula is C31H41N4NaO12S. The Hall–Kier alpha value is -3.09. The molecule has 2 N–H and O–H groups in total. The first-order chi connectivity index (χ1) is 22.7. The quantitative estimate of drug-likeness (QED) is 0.144. The Kier molecular flexibility index (Phi) is 16.1. The van der Waals surface area contributed by atoms with Crippen molar-refractivity contribution in [3.05, 3.63) is 24.3 Å². The van der Waals surface area contributed by atoms with E-state index >= 15 is 0 Å². The number of ketones is 1. The van der Waals surface area contributed by atoms with E-state index in [9.17, 15) is 51.3 Å². The SMILES string of the molecule is CCC(=O)C1CCC(CN2C(=O)C=CC2=O)CC1.CN.O=C(ON1C(=O)CC(S(=O)(=O)[O-])C1=O)C1CCC(CN2C(=O)C=CC2=O)CC1.[Na+]. The molecule has 3 fully saturated rings. The summed E-state index contributed by atoms with van der Waals surface area (Å²) in [7, 11) is -3.52. The van der Waals surface area contributed by atoms with Gasteiger partial charge in [0.2, 0.25) is 0 Å². The first-order valence-corrected chi connectivity index (χ1v) is 17.4. The van der Waals surface area contributed by atoms with Crippen molar-refractivity contribution in [1.82, 2.24) is 14.9 Å². The van der Waals surface area contributed by atoms with Crippen molar-refractivity contribution in [2.24, 2.45) is 29.4 Å². The normalized spacial score (nSPS) is 26.6. The van der Waals surface area contributed by atoms with Gasteiger partial charge in [0.1, 0.15) is 21.2 Å². The number of hydrogen-bond donors (Lipinski definition) is 1. The molecule has 1 saturated heterocycles. The molecule has 5 aliphatic rings. The summed E-state index contributed by atoms with van der Waals surface area (Å²) in [5, 5.41) is -2.02. The third kappa shape index (κ3) is 10.9. The fourth-order valence-corrected chi connectivity index (χ4v) is 7.03. The van der Waals surface area contributed by atoms with E-state index in [1.807, 2.05) is 6.92 Å². The van der Waals surface area contributed by atoms with Crippen LogP contribution in [0.5, 0.6) is 0 Å². The van der Waals surface area contributed by atoms with Crippen molar-refractivity contribution in [2.45, 2.75) is 76.4 Å². The van der Waals surface area contributed by atoms with Gasteiger partial charge in [-0.05, 0) is 70.3 Å². The standard InChI is InChI=1S/C16H18N2O9S.C14H19NO3.CH5N.Na/c19-12-5-6-13(20)17(12)8-9-1-3-10(4-2-9)16(23)27-18-14(21)7-11(15(18)22)28(24,25)26;1-2-12(16)11-5-3-10(4-6-11)9-15-13(17)7-8-14(15)18;1-2;/h5-6,9-11H,1-4,7-8H2,(H,24,25,26);7-8,10-11H,2-6,9H2,1H3;2H2,1H3;/q;;;+1/p-1. The van der Waals surface area contributed by atoms with Crippen LogP contribution in [-0.4, -0.2) is 100 Å². The van der Waals surface area contributed by atoms with Gasteiger partial charge < -0.3 is 15.1 Å². The van der Waals surface area contributed by atoms with Gasteiger partial charge in [-0.25, -0.2) is 13.2 Å². The van der Waals surface area contributed by atoms with Crippen molar-refractivity contribution in [2.75, 3.05) is 20.1 Å². The molecule has 264 valence electrons. The van der Waals surface area contributed by atoms with Crippen LogP contribution in [0.4, 0.5) is 0 Å². The Morgan fingerprint density at radius 2 is 1.14 bits per heavy atom. The van der Waals surface area contributed by atoms with E-state index in [2.05, 4.69) is 5.73 Å². The molecule has 16 nitrogen and oxygen atoms in total. The van der Waals surface area contributed by atoms with E-state index in [0.717, 1.165) is 30.6 Å². The summed E-state index contributed by atoms with van der Waals surface area (Å²) in [5.74, 6) is -4.13. The second-order valence-corrected chi connectivity index (χ2v) is 13.7. The molecule has 0 bridgehead atoms. The van der Waals surface area contributed by atoms with E-state index in [0.29, 0.717) is 50.4 Å². The number of hydrogen-bond acceptors (Lipinski definition) is 13. The van der Waals surface area contributed by atoms with Gasteiger partial charge in [-0.1, -0.05) is 6.92 Å². The van der Waals surface area contributed by atoms with Crippen LogP contribution in [0.15, 0.2) is 24.3 Å². The summed E-state index contributed by atoms with van der Waals surface area (Å²) in [6.45, 7) is 2.66. The Morgan fingerprint density at radius 1 is 0.755 bits per heavy atom. The van der Waals surface area contributed by atoms with Crippen molar-refractivity contribution >= 4 is 57.3 Å². The summed E-state index contributed by atoms with van der Waals surface area (Å²) in [4.78, 5) is 101. The van der Waals surface area contributed by atoms with Crippen LogP contribution in [0.3, 0.4) is 0 Å². The number of rotatable bonds is 9. The van der Waals surface area contributed by atoms with Gasteiger partial charge in [-0.2, -0.15) is 0 Å². The van der Waals surface area contributed by atoms with Crippen molar-refractivity contribution in [1.29, 1.82) is 0 Å². The van der Waals surface area contributed by atoms with Gasteiger partial charge in [0.05, 0.1) is 12.3 Å². The van der Waals surface area contributed by atoms with E-state index in [-0.39, 0.29) is 76.6 Å². The fourth-order valence-electron chi connectivity index (χ4n) is 6.34. The molecule has 3 heterocycles. The number of Topliss-reactive ketones (excluding diaryl/α,β-unsaturated/α-hetero) is 1. The zero-order chi connectivity index (χ0) is 35.8. The van der Waals surface area contributed by atoms with Crippen molar-refractivity contribution in [3.8, 4) is 0 Å². The third-order valence-electron chi connectivity index (χ3n) is 9.11. The third-order valence-corrected chi connectivity index (χ3v) is 10.2. The molecule has 18 heteroatoms. The molecule has 5 rings (SSSR count). The van der Waals surface area contributed by atoms with Gasteiger partial charge in [-0.3, -0.25) is 43.4 Å². The second-order valence-electron chi connectivity index (χ2n) is 12.1. The Morgan fingerprint density at radius 3 is 1.49 bits per heavy atom. The van der Waals surface area contributed by atoms with Crippen LogP contribution in [0.2, 0.25) is 0 Å². The molecule has 49 heavy (non-hydrogen) atoms. The molecule has 0 aromatic rings. The summed E-state index contributed by atoms with van der Waals surface area (Å²) in [6, 6.07) is 0.